The summed E-state index contributed by atoms with van der Waals surface area (Å²) in [5, 5.41) is 0. The van der Waals surface area contributed by atoms with Crippen LogP contribution in [0.5, 0.6) is 0 Å². The van der Waals surface area contributed by atoms with Gasteiger partial charge in [-0.1, -0.05) is 41.9 Å². The summed E-state index contributed by atoms with van der Waals surface area (Å²) in [4.78, 5) is 11.0. The summed E-state index contributed by atoms with van der Waals surface area (Å²) in [6.07, 6.45) is 12.6. The third-order valence-corrected chi connectivity index (χ3v) is 3.29. The highest BCUT2D eigenvalue weighted by molar-refractivity contribution is 5.68. The van der Waals surface area contributed by atoms with Gasteiger partial charge in [-0.05, 0) is 59.8 Å². The Labute approximate surface area is 131 Å². The fourth-order valence-electron chi connectivity index (χ4n) is 1.92. The van der Waals surface area contributed by atoms with Gasteiger partial charge in [0.05, 0.1) is 6.61 Å². The van der Waals surface area contributed by atoms with Gasteiger partial charge in [-0.2, -0.15) is 0 Å². The first kappa shape index (κ1) is 19.7. The highest BCUT2D eigenvalue weighted by Gasteiger charge is 1.96. The molecule has 2 nitrogen and oxygen atoms in total. The van der Waals surface area contributed by atoms with Crippen LogP contribution >= 0.6 is 0 Å². The van der Waals surface area contributed by atoms with E-state index in [1.165, 1.54) is 16.7 Å². The molecule has 0 radical (unpaired) electrons. The Morgan fingerprint density at radius 2 is 1.38 bits per heavy atom. The van der Waals surface area contributed by atoms with Crippen LogP contribution in [-0.4, -0.2) is 12.6 Å². The van der Waals surface area contributed by atoms with Crippen molar-refractivity contribution < 1.29 is 9.53 Å². The molecular weight excluding hydrogens is 260 g/mol. The zero-order valence-corrected chi connectivity index (χ0v) is 14.5. The van der Waals surface area contributed by atoms with Crippen molar-refractivity contribution in [2.24, 2.45) is 0 Å². The number of esters is 1. The summed E-state index contributed by atoms with van der Waals surface area (Å²) in [6, 6.07) is 0. The van der Waals surface area contributed by atoms with Crippen LogP contribution in [0.15, 0.2) is 34.9 Å². The zero-order chi connectivity index (χ0) is 16.1. The molecule has 0 amide bonds. The smallest absolute Gasteiger partial charge is 0.305 e. The summed E-state index contributed by atoms with van der Waals surface area (Å²) in [6.45, 7) is 11.0. The Kier molecular flexibility index (Phi) is 11.7. The molecule has 0 spiro atoms. The fourth-order valence-corrected chi connectivity index (χ4v) is 1.92. The molecule has 21 heavy (non-hydrogen) atoms. The monoisotopic (exact) mass is 292 g/mol. The van der Waals surface area contributed by atoms with Gasteiger partial charge in [0, 0.05) is 6.42 Å². The molecule has 120 valence electrons. The first-order valence-electron chi connectivity index (χ1n) is 8.06. The Morgan fingerprint density at radius 3 is 1.90 bits per heavy atom. The van der Waals surface area contributed by atoms with E-state index in [0.29, 0.717) is 13.0 Å². The number of carbonyl (C=O) groups is 1. The van der Waals surface area contributed by atoms with E-state index >= 15 is 0 Å². The molecule has 0 saturated carbocycles. The quantitative estimate of drug-likeness (QED) is 0.291. The van der Waals surface area contributed by atoms with E-state index in [4.69, 9.17) is 4.74 Å². The summed E-state index contributed by atoms with van der Waals surface area (Å²) in [5.74, 6) is -0.115. The van der Waals surface area contributed by atoms with Crippen molar-refractivity contribution in [3.05, 3.63) is 34.9 Å². The standard InChI is InChI=1S/C19H32O2/c1-6-19(20)21-15-9-14-18(5)13-8-12-17(4)11-7-10-16(2)3/h10,12,14H,6-9,11,13,15H2,1-5H3. The van der Waals surface area contributed by atoms with Crippen LogP contribution in [0, 0.1) is 0 Å². The van der Waals surface area contributed by atoms with Crippen molar-refractivity contribution in [3.63, 3.8) is 0 Å². The number of rotatable bonds is 10. The summed E-state index contributed by atoms with van der Waals surface area (Å²) in [5.41, 5.74) is 4.23. The molecule has 0 aromatic heterocycles. The molecule has 0 aliphatic heterocycles. The third kappa shape index (κ3) is 13.4. The van der Waals surface area contributed by atoms with E-state index in [0.717, 1.165) is 32.1 Å². The second-order valence-electron chi connectivity index (χ2n) is 5.82. The second-order valence-corrected chi connectivity index (χ2v) is 5.82. The van der Waals surface area contributed by atoms with Crippen LogP contribution in [-0.2, 0) is 9.53 Å². The average molecular weight is 292 g/mol. The number of hydrogen-bond donors (Lipinski definition) is 0. The normalized spacial score (nSPS) is 12.2. The van der Waals surface area contributed by atoms with E-state index in [-0.39, 0.29) is 5.97 Å². The van der Waals surface area contributed by atoms with Crippen LogP contribution in [0.2, 0.25) is 0 Å². The molecule has 0 aliphatic rings. The van der Waals surface area contributed by atoms with Crippen LogP contribution in [0.3, 0.4) is 0 Å². The molecule has 0 fully saturated rings. The number of allylic oxidation sites excluding steroid dienone is 5. The van der Waals surface area contributed by atoms with E-state index in [1.54, 1.807) is 0 Å². The molecule has 0 unspecified atom stereocenters. The first-order chi connectivity index (χ1) is 9.95. The molecule has 0 saturated heterocycles. The van der Waals surface area contributed by atoms with E-state index in [9.17, 15) is 4.79 Å². The maximum absolute atomic E-state index is 11.0. The van der Waals surface area contributed by atoms with Gasteiger partial charge in [0.1, 0.15) is 0 Å². The van der Waals surface area contributed by atoms with Crippen molar-refractivity contribution in [2.75, 3.05) is 6.61 Å². The lowest BCUT2D eigenvalue weighted by atomic mass is 10.1. The van der Waals surface area contributed by atoms with Crippen LogP contribution in [0.4, 0.5) is 0 Å². The summed E-state index contributed by atoms with van der Waals surface area (Å²) in [7, 11) is 0. The molecule has 0 rings (SSSR count). The molecule has 0 N–H and O–H groups in total. The van der Waals surface area contributed by atoms with Gasteiger partial charge in [-0.3, -0.25) is 4.79 Å². The Bertz CT molecular complexity index is 382. The number of hydrogen-bond acceptors (Lipinski definition) is 2. The highest BCUT2D eigenvalue weighted by atomic mass is 16.5. The molecule has 0 aromatic carbocycles. The molecular formula is C19H32O2. The molecule has 0 aliphatic carbocycles. The van der Waals surface area contributed by atoms with E-state index < -0.39 is 0 Å². The van der Waals surface area contributed by atoms with Gasteiger partial charge in [0.25, 0.3) is 0 Å². The first-order valence-corrected chi connectivity index (χ1v) is 8.06. The zero-order valence-electron chi connectivity index (χ0n) is 14.5. The average Bonchev–Trinajstić information content (AvgIpc) is 2.42. The van der Waals surface area contributed by atoms with Gasteiger partial charge in [-0.15, -0.1) is 0 Å². The summed E-state index contributed by atoms with van der Waals surface area (Å²) < 4.78 is 5.05. The van der Waals surface area contributed by atoms with Crippen molar-refractivity contribution in [3.8, 4) is 0 Å². The van der Waals surface area contributed by atoms with Crippen molar-refractivity contribution in [2.45, 2.75) is 73.1 Å². The minimum Gasteiger partial charge on any atom is -0.465 e. The van der Waals surface area contributed by atoms with E-state index in [2.05, 4.69) is 45.9 Å². The van der Waals surface area contributed by atoms with Gasteiger partial charge in [0.15, 0.2) is 0 Å². The molecule has 0 heterocycles. The van der Waals surface area contributed by atoms with Gasteiger partial charge >= 0.3 is 5.97 Å². The lowest BCUT2D eigenvalue weighted by Gasteiger charge is -2.03. The predicted octanol–water partition coefficient (Wildman–Crippen LogP) is 5.75. The lowest BCUT2D eigenvalue weighted by molar-refractivity contribution is -0.143. The van der Waals surface area contributed by atoms with Gasteiger partial charge in [0.2, 0.25) is 0 Å². The topological polar surface area (TPSA) is 26.3 Å². The van der Waals surface area contributed by atoms with Crippen molar-refractivity contribution in [1.82, 2.24) is 0 Å². The molecule has 0 bridgehead atoms. The number of ether oxygens (including phenoxy) is 1. The molecule has 0 aromatic rings. The van der Waals surface area contributed by atoms with Crippen molar-refractivity contribution in [1.29, 1.82) is 0 Å². The minimum atomic E-state index is -0.115. The van der Waals surface area contributed by atoms with Gasteiger partial charge in [-0.25, -0.2) is 0 Å². The maximum Gasteiger partial charge on any atom is 0.305 e. The second kappa shape index (κ2) is 12.4. The Morgan fingerprint density at radius 1 is 0.857 bits per heavy atom. The third-order valence-electron chi connectivity index (χ3n) is 3.29. The van der Waals surface area contributed by atoms with Crippen molar-refractivity contribution >= 4 is 5.97 Å². The van der Waals surface area contributed by atoms with Crippen LogP contribution < -0.4 is 0 Å². The molecule has 2 heteroatoms. The fraction of sp³-hybridized carbons (Fsp3) is 0.632. The Balaban J connectivity index is 3.83. The van der Waals surface area contributed by atoms with E-state index in [1.807, 2.05) is 6.92 Å². The SMILES string of the molecule is CCC(=O)OCCC=C(C)CCC=C(C)CCC=C(C)C. The number of carbonyl (C=O) groups excluding carboxylic acids is 1. The van der Waals surface area contributed by atoms with Gasteiger partial charge < -0.3 is 4.74 Å². The van der Waals surface area contributed by atoms with Crippen LogP contribution in [0.25, 0.3) is 0 Å². The highest BCUT2D eigenvalue weighted by Crippen LogP contribution is 2.11. The minimum absolute atomic E-state index is 0.115. The largest absolute Gasteiger partial charge is 0.465 e. The maximum atomic E-state index is 11.0. The lowest BCUT2D eigenvalue weighted by Crippen LogP contribution is -2.02. The predicted molar refractivity (Wildman–Crippen MR) is 91.3 cm³/mol. The van der Waals surface area contributed by atoms with Crippen LogP contribution in [0.1, 0.15) is 73.1 Å². The molecule has 0 atom stereocenters. The Hall–Kier alpha value is -1.31. The summed E-state index contributed by atoms with van der Waals surface area (Å²) >= 11 is 0.